The number of piperidine rings is 1. The second-order valence-corrected chi connectivity index (χ2v) is 8.78. The summed E-state index contributed by atoms with van der Waals surface area (Å²) >= 11 is 0. The summed E-state index contributed by atoms with van der Waals surface area (Å²) in [4.78, 5) is 16.5. The molecular weight excluding hydrogens is 410 g/mol. The van der Waals surface area contributed by atoms with Crippen molar-refractivity contribution >= 4 is 16.7 Å². The van der Waals surface area contributed by atoms with E-state index in [0.717, 1.165) is 71.6 Å². The topological polar surface area (TPSA) is 77.2 Å². The highest BCUT2D eigenvalue weighted by Crippen LogP contribution is 2.31. The smallest absolute Gasteiger partial charge is 0.145 e. The van der Waals surface area contributed by atoms with E-state index in [2.05, 4.69) is 47.1 Å². The molecule has 3 aromatic heterocycles. The minimum atomic E-state index is 0.464. The second-order valence-electron chi connectivity index (χ2n) is 8.78. The highest BCUT2D eigenvalue weighted by atomic mass is 16.5. The van der Waals surface area contributed by atoms with Crippen LogP contribution in [-0.2, 0) is 6.54 Å². The summed E-state index contributed by atoms with van der Waals surface area (Å²) in [5.41, 5.74) is 12.2. The van der Waals surface area contributed by atoms with E-state index in [1.54, 1.807) is 7.11 Å². The van der Waals surface area contributed by atoms with Gasteiger partial charge in [-0.2, -0.15) is 0 Å². The van der Waals surface area contributed by atoms with E-state index < -0.39 is 0 Å². The fraction of sp³-hybridized carbons (Fsp3) is 0.296. The maximum atomic E-state index is 5.75. The summed E-state index contributed by atoms with van der Waals surface area (Å²) in [6, 6.07) is 18.5. The molecule has 1 fully saturated rings. The van der Waals surface area contributed by atoms with Crippen molar-refractivity contribution in [2.24, 2.45) is 0 Å². The minimum absolute atomic E-state index is 0.464. The van der Waals surface area contributed by atoms with Gasteiger partial charge >= 0.3 is 0 Å². The number of rotatable bonds is 5. The third kappa shape index (κ3) is 4.66. The summed E-state index contributed by atoms with van der Waals surface area (Å²) in [6.07, 6.45) is 4.02. The SMILES string of the molecule is COc1cccc2ccc(CN3CCC(c4cc(-c5ccc(N)nc5)cc(C)n4)CC3)nc12. The van der Waals surface area contributed by atoms with Gasteiger partial charge in [0.1, 0.15) is 17.1 Å². The van der Waals surface area contributed by atoms with Crippen molar-refractivity contribution in [3.8, 4) is 16.9 Å². The molecule has 5 rings (SSSR count). The number of likely N-dealkylation sites (tertiary alicyclic amines) is 1. The standard InChI is InChI=1S/C27H29N5O/c1-18-14-22(21-7-9-26(28)29-16-21)15-24(30-18)19-10-12-32(13-11-19)17-23-8-6-20-4-3-5-25(33-2)27(20)31-23/h3-9,14-16,19H,10-13,17H2,1-2H3,(H2,28,29). The Hall–Kier alpha value is -3.51. The number of aryl methyl sites for hydroxylation is 1. The average Bonchev–Trinajstić information content (AvgIpc) is 2.84. The van der Waals surface area contributed by atoms with E-state index in [0.29, 0.717) is 11.7 Å². The quantitative estimate of drug-likeness (QED) is 0.473. The number of ether oxygens (including phenoxy) is 1. The fourth-order valence-corrected chi connectivity index (χ4v) is 4.68. The molecule has 0 aliphatic carbocycles. The molecule has 0 spiro atoms. The molecule has 1 aromatic carbocycles. The Morgan fingerprint density at radius 3 is 2.61 bits per heavy atom. The number of aromatic nitrogens is 3. The Labute approximate surface area is 194 Å². The van der Waals surface area contributed by atoms with Gasteiger partial charge in [-0.05, 0) is 74.8 Å². The molecule has 4 heterocycles. The Kier molecular flexibility index (Phi) is 5.92. The number of nitrogens with zero attached hydrogens (tertiary/aromatic N) is 4. The average molecular weight is 440 g/mol. The molecule has 0 atom stereocenters. The van der Waals surface area contributed by atoms with Crippen LogP contribution < -0.4 is 10.5 Å². The number of pyridine rings is 3. The molecule has 1 aliphatic rings. The van der Waals surface area contributed by atoms with Crippen LogP contribution in [0.3, 0.4) is 0 Å². The van der Waals surface area contributed by atoms with Crippen molar-refractivity contribution < 1.29 is 4.74 Å². The largest absolute Gasteiger partial charge is 0.494 e. The zero-order valence-electron chi connectivity index (χ0n) is 19.2. The van der Waals surface area contributed by atoms with E-state index in [-0.39, 0.29) is 0 Å². The van der Waals surface area contributed by atoms with Crippen LogP contribution in [0.5, 0.6) is 5.75 Å². The van der Waals surface area contributed by atoms with Gasteiger partial charge in [-0.1, -0.05) is 18.2 Å². The molecule has 0 saturated carbocycles. The Balaban J connectivity index is 1.28. The second kappa shape index (κ2) is 9.16. The van der Waals surface area contributed by atoms with Crippen LogP contribution in [0.2, 0.25) is 0 Å². The van der Waals surface area contributed by atoms with Crippen LogP contribution in [0.25, 0.3) is 22.0 Å². The number of methoxy groups -OCH3 is 1. The van der Waals surface area contributed by atoms with Gasteiger partial charge in [-0.15, -0.1) is 0 Å². The molecule has 0 unspecified atom stereocenters. The third-order valence-electron chi connectivity index (χ3n) is 6.45. The number of hydrogen-bond donors (Lipinski definition) is 1. The molecule has 1 saturated heterocycles. The lowest BCUT2D eigenvalue weighted by atomic mass is 9.91. The van der Waals surface area contributed by atoms with Crippen LogP contribution in [0, 0.1) is 6.92 Å². The van der Waals surface area contributed by atoms with Crippen molar-refractivity contribution in [2.45, 2.75) is 32.2 Å². The van der Waals surface area contributed by atoms with E-state index >= 15 is 0 Å². The van der Waals surface area contributed by atoms with Crippen molar-refractivity contribution in [3.63, 3.8) is 0 Å². The molecule has 6 nitrogen and oxygen atoms in total. The first kappa shape index (κ1) is 21.3. The summed E-state index contributed by atoms with van der Waals surface area (Å²) < 4.78 is 5.50. The first-order valence-corrected chi connectivity index (χ1v) is 11.4. The zero-order chi connectivity index (χ0) is 22.8. The molecule has 33 heavy (non-hydrogen) atoms. The van der Waals surface area contributed by atoms with Crippen molar-refractivity contribution in [1.29, 1.82) is 0 Å². The number of nitrogen functional groups attached to an aromatic ring is 1. The van der Waals surface area contributed by atoms with Gasteiger partial charge in [-0.25, -0.2) is 9.97 Å². The van der Waals surface area contributed by atoms with Gasteiger partial charge in [0, 0.05) is 41.0 Å². The lowest BCUT2D eigenvalue weighted by Crippen LogP contribution is -2.33. The number of fused-ring (bicyclic) bond motifs is 1. The monoisotopic (exact) mass is 439 g/mol. The van der Waals surface area contributed by atoms with E-state index in [1.165, 1.54) is 5.69 Å². The molecule has 0 bridgehead atoms. The number of anilines is 1. The van der Waals surface area contributed by atoms with E-state index in [4.69, 9.17) is 20.4 Å². The van der Waals surface area contributed by atoms with Gasteiger partial charge in [0.15, 0.2) is 0 Å². The predicted octanol–water partition coefficient (Wildman–Crippen LogP) is 4.97. The van der Waals surface area contributed by atoms with Gasteiger partial charge in [-0.3, -0.25) is 9.88 Å². The fourth-order valence-electron chi connectivity index (χ4n) is 4.68. The predicted molar refractivity (Wildman–Crippen MR) is 132 cm³/mol. The molecule has 0 radical (unpaired) electrons. The highest BCUT2D eigenvalue weighted by molar-refractivity contribution is 5.84. The first-order chi connectivity index (χ1) is 16.1. The molecule has 4 aromatic rings. The third-order valence-corrected chi connectivity index (χ3v) is 6.45. The molecule has 1 aliphatic heterocycles. The van der Waals surface area contributed by atoms with Gasteiger partial charge in [0.25, 0.3) is 0 Å². The molecular formula is C27H29N5O. The molecule has 6 heteroatoms. The van der Waals surface area contributed by atoms with E-state index in [9.17, 15) is 0 Å². The lowest BCUT2D eigenvalue weighted by molar-refractivity contribution is 0.201. The maximum Gasteiger partial charge on any atom is 0.145 e. The zero-order valence-corrected chi connectivity index (χ0v) is 19.2. The number of benzene rings is 1. The van der Waals surface area contributed by atoms with Crippen LogP contribution in [0.1, 0.15) is 35.8 Å². The summed E-state index contributed by atoms with van der Waals surface area (Å²) in [5.74, 6) is 1.83. The number of nitrogens with two attached hydrogens (primary N) is 1. The molecule has 2 N–H and O–H groups in total. The molecule has 0 amide bonds. The van der Waals surface area contributed by atoms with Gasteiger partial charge in [0.05, 0.1) is 12.8 Å². The van der Waals surface area contributed by atoms with Crippen LogP contribution in [-0.4, -0.2) is 40.1 Å². The van der Waals surface area contributed by atoms with Crippen LogP contribution >= 0.6 is 0 Å². The Morgan fingerprint density at radius 1 is 1.00 bits per heavy atom. The van der Waals surface area contributed by atoms with E-state index in [1.807, 2.05) is 30.5 Å². The van der Waals surface area contributed by atoms with Crippen molar-refractivity contribution in [1.82, 2.24) is 19.9 Å². The Morgan fingerprint density at radius 2 is 1.85 bits per heavy atom. The Bertz CT molecular complexity index is 1260. The van der Waals surface area contributed by atoms with Crippen LogP contribution in [0.4, 0.5) is 5.82 Å². The summed E-state index contributed by atoms with van der Waals surface area (Å²) in [5, 5.41) is 1.11. The summed E-state index contributed by atoms with van der Waals surface area (Å²) in [6.45, 7) is 4.98. The lowest BCUT2D eigenvalue weighted by Gasteiger charge is -2.31. The van der Waals surface area contributed by atoms with Crippen molar-refractivity contribution in [3.05, 3.63) is 77.9 Å². The number of hydrogen-bond acceptors (Lipinski definition) is 6. The minimum Gasteiger partial charge on any atom is -0.494 e. The maximum absolute atomic E-state index is 5.75. The normalized spacial score (nSPS) is 15.1. The number of para-hydroxylation sites is 1. The first-order valence-electron chi connectivity index (χ1n) is 11.4. The van der Waals surface area contributed by atoms with Crippen LogP contribution in [0.15, 0.2) is 60.8 Å². The van der Waals surface area contributed by atoms with Gasteiger partial charge in [0.2, 0.25) is 0 Å². The summed E-state index contributed by atoms with van der Waals surface area (Å²) in [7, 11) is 1.70. The van der Waals surface area contributed by atoms with Crippen molar-refractivity contribution in [2.75, 3.05) is 25.9 Å². The molecule has 168 valence electrons. The van der Waals surface area contributed by atoms with Gasteiger partial charge < -0.3 is 10.5 Å². The highest BCUT2D eigenvalue weighted by Gasteiger charge is 2.23.